The van der Waals surface area contributed by atoms with Crippen molar-refractivity contribution < 1.29 is 27.8 Å². The summed E-state index contributed by atoms with van der Waals surface area (Å²) in [6.45, 7) is -0.00350. The van der Waals surface area contributed by atoms with Gasteiger partial charge in [-0.3, -0.25) is 4.79 Å². The van der Waals surface area contributed by atoms with Gasteiger partial charge in [-0.1, -0.05) is 25.0 Å². The number of aromatic nitrogens is 1. The number of benzene rings is 1. The van der Waals surface area contributed by atoms with Crippen molar-refractivity contribution in [3.8, 4) is 11.8 Å². The van der Waals surface area contributed by atoms with Crippen molar-refractivity contribution in [2.75, 3.05) is 11.9 Å². The van der Waals surface area contributed by atoms with Crippen molar-refractivity contribution in [1.82, 2.24) is 4.57 Å². The monoisotopic (exact) mass is 431 g/mol. The molecule has 1 fully saturated rings. The Morgan fingerprint density at radius 2 is 1.94 bits per heavy atom. The lowest BCUT2D eigenvalue weighted by molar-refractivity contribution is -0.119. The highest BCUT2D eigenvalue weighted by molar-refractivity contribution is 5.97. The van der Waals surface area contributed by atoms with Gasteiger partial charge >= 0.3 is 12.6 Å². The summed E-state index contributed by atoms with van der Waals surface area (Å²) in [6, 6.07) is 7.71. The van der Waals surface area contributed by atoms with Crippen LogP contribution in [0.1, 0.15) is 58.9 Å². The molecule has 0 atom stereocenters. The molecule has 0 spiro atoms. The first-order valence-electron chi connectivity index (χ1n) is 9.95. The third kappa shape index (κ3) is 4.85. The van der Waals surface area contributed by atoms with Crippen LogP contribution in [0.3, 0.4) is 0 Å². The van der Waals surface area contributed by atoms with Crippen LogP contribution in [-0.4, -0.2) is 29.7 Å². The number of alkyl halides is 2. The Labute approximate surface area is 178 Å². The van der Waals surface area contributed by atoms with E-state index < -0.39 is 25.1 Å². The second-order valence-corrected chi connectivity index (χ2v) is 7.35. The molecule has 9 heteroatoms. The largest absolute Gasteiger partial charge is 0.452 e. The highest BCUT2D eigenvalue weighted by Gasteiger charge is 2.27. The van der Waals surface area contributed by atoms with Gasteiger partial charge in [-0.05, 0) is 44.4 Å². The Balaban J connectivity index is 1.73. The number of para-hydroxylation sites is 1. The molecule has 2 aromatic rings. The fourth-order valence-corrected chi connectivity index (χ4v) is 3.92. The summed E-state index contributed by atoms with van der Waals surface area (Å²) in [5, 5.41) is 12.3. The van der Waals surface area contributed by atoms with Gasteiger partial charge in [-0.15, -0.1) is 0 Å². The van der Waals surface area contributed by atoms with Gasteiger partial charge < -0.3 is 19.4 Å². The lowest BCUT2D eigenvalue weighted by Gasteiger charge is -2.19. The number of nitriles is 1. The SMILES string of the molecule is Cc1c(C#N)c(NC(=O)COC(=O)c2ccccc2OC(F)F)n(C2CCCC2)c1C. The fourth-order valence-electron chi connectivity index (χ4n) is 3.92. The zero-order chi connectivity index (χ0) is 22.5. The molecule has 3 rings (SSSR count). The minimum atomic E-state index is -3.10. The Bertz CT molecular complexity index is 1020. The molecule has 1 saturated carbocycles. The predicted octanol–water partition coefficient (Wildman–Crippen LogP) is 4.49. The first kappa shape index (κ1) is 22.3. The Kier molecular flexibility index (Phi) is 6.90. The third-order valence-electron chi connectivity index (χ3n) is 5.47. The number of hydrogen-bond donors (Lipinski definition) is 1. The molecule has 1 aromatic carbocycles. The van der Waals surface area contributed by atoms with Crippen LogP contribution < -0.4 is 10.1 Å². The first-order valence-corrected chi connectivity index (χ1v) is 9.95. The molecule has 0 saturated heterocycles. The number of anilines is 1. The van der Waals surface area contributed by atoms with Gasteiger partial charge in [0.15, 0.2) is 6.61 Å². The van der Waals surface area contributed by atoms with E-state index in [1.165, 1.54) is 24.3 Å². The minimum Gasteiger partial charge on any atom is -0.452 e. The second-order valence-electron chi connectivity index (χ2n) is 7.35. The van der Waals surface area contributed by atoms with Gasteiger partial charge in [0.25, 0.3) is 5.91 Å². The number of esters is 1. The zero-order valence-corrected chi connectivity index (χ0v) is 17.3. The molecule has 164 valence electrons. The van der Waals surface area contributed by atoms with E-state index in [1.807, 2.05) is 18.4 Å². The van der Waals surface area contributed by atoms with Crippen molar-refractivity contribution in [3.05, 3.63) is 46.6 Å². The van der Waals surface area contributed by atoms with E-state index in [4.69, 9.17) is 4.74 Å². The normalized spacial score (nSPS) is 13.8. The van der Waals surface area contributed by atoms with Crippen LogP contribution in [0.15, 0.2) is 24.3 Å². The smallest absolute Gasteiger partial charge is 0.387 e. The molecule has 1 N–H and O–H groups in total. The van der Waals surface area contributed by atoms with E-state index in [2.05, 4.69) is 16.1 Å². The van der Waals surface area contributed by atoms with E-state index >= 15 is 0 Å². The van der Waals surface area contributed by atoms with E-state index in [0.717, 1.165) is 36.9 Å². The lowest BCUT2D eigenvalue weighted by Crippen LogP contribution is -2.24. The standard InChI is InChI=1S/C22H23F2N3O4/c1-13-14(2)27(15-7-3-4-8-15)20(17(13)11-25)26-19(28)12-30-21(29)16-9-5-6-10-18(16)31-22(23)24/h5-6,9-10,15,22H,3-4,7-8,12H2,1-2H3,(H,26,28). The number of amides is 1. The predicted molar refractivity (Wildman–Crippen MR) is 108 cm³/mol. The van der Waals surface area contributed by atoms with E-state index in [0.29, 0.717) is 11.4 Å². The Morgan fingerprint density at radius 3 is 2.58 bits per heavy atom. The number of ether oxygens (including phenoxy) is 2. The van der Waals surface area contributed by atoms with E-state index in [9.17, 15) is 23.6 Å². The van der Waals surface area contributed by atoms with Crippen molar-refractivity contribution in [1.29, 1.82) is 5.26 Å². The molecule has 0 aliphatic heterocycles. The van der Waals surface area contributed by atoms with Crippen LogP contribution in [-0.2, 0) is 9.53 Å². The van der Waals surface area contributed by atoms with Crippen molar-refractivity contribution in [2.24, 2.45) is 0 Å². The minimum absolute atomic E-state index is 0.192. The van der Waals surface area contributed by atoms with Crippen molar-refractivity contribution in [2.45, 2.75) is 52.2 Å². The van der Waals surface area contributed by atoms with Crippen molar-refractivity contribution >= 4 is 17.7 Å². The zero-order valence-electron chi connectivity index (χ0n) is 17.3. The molecule has 7 nitrogen and oxygen atoms in total. The fraction of sp³-hybridized carbons (Fsp3) is 0.409. The highest BCUT2D eigenvalue weighted by atomic mass is 19.3. The van der Waals surface area contributed by atoms with Crippen LogP contribution in [0.25, 0.3) is 0 Å². The molecular weight excluding hydrogens is 408 g/mol. The third-order valence-corrected chi connectivity index (χ3v) is 5.47. The van der Waals surface area contributed by atoms with Crippen LogP contribution >= 0.6 is 0 Å². The summed E-state index contributed by atoms with van der Waals surface area (Å²) in [7, 11) is 0. The van der Waals surface area contributed by atoms with Crippen LogP contribution in [0.4, 0.5) is 14.6 Å². The summed E-state index contributed by atoms with van der Waals surface area (Å²) in [6.07, 6.45) is 4.07. The van der Waals surface area contributed by atoms with Gasteiger partial charge in [0.1, 0.15) is 23.2 Å². The van der Waals surface area contributed by atoms with E-state index in [-0.39, 0.29) is 17.4 Å². The van der Waals surface area contributed by atoms with Crippen molar-refractivity contribution in [3.63, 3.8) is 0 Å². The average Bonchev–Trinajstić information content (AvgIpc) is 3.33. The number of carbonyl (C=O) groups is 2. The lowest BCUT2D eigenvalue weighted by atomic mass is 10.2. The average molecular weight is 431 g/mol. The summed E-state index contributed by atoms with van der Waals surface area (Å²) in [4.78, 5) is 24.8. The number of halogens is 2. The molecule has 1 amide bonds. The van der Waals surface area contributed by atoms with Crippen LogP contribution in [0.5, 0.6) is 5.75 Å². The molecule has 1 heterocycles. The molecule has 31 heavy (non-hydrogen) atoms. The van der Waals surface area contributed by atoms with Gasteiger partial charge in [-0.25, -0.2) is 4.79 Å². The second kappa shape index (κ2) is 9.60. The van der Waals surface area contributed by atoms with Gasteiger partial charge in [0.2, 0.25) is 0 Å². The quantitative estimate of drug-likeness (QED) is 0.652. The number of rotatable bonds is 7. The Morgan fingerprint density at radius 1 is 1.26 bits per heavy atom. The highest BCUT2D eigenvalue weighted by Crippen LogP contribution is 2.37. The maximum absolute atomic E-state index is 12.5. The summed E-state index contributed by atoms with van der Waals surface area (Å²) >= 11 is 0. The molecule has 0 unspecified atom stereocenters. The van der Waals surface area contributed by atoms with Gasteiger partial charge in [0, 0.05) is 11.7 Å². The molecule has 0 radical (unpaired) electrons. The van der Waals surface area contributed by atoms with Gasteiger partial charge in [0.05, 0.1) is 5.56 Å². The van der Waals surface area contributed by atoms with Gasteiger partial charge in [-0.2, -0.15) is 14.0 Å². The number of carbonyl (C=O) groups excluding carboxylic acids is 2. The summed E-state index contributed by atoms with van der Waals surface area (Å²) < 4.78 is 36.3. The van der Waals surface area contributed by atoms with Crippen LogP contribution in [0.2, 0.25) is 0 Å². The van der Waals surface area contributed by atoms with Crippen LogP contribution in [0, 0.1) is 25.2 Å². The summed E-state index contributed by atoms with van der Waals surface area (Å²) in [5.74, 6) is -1.54. The molecule has 1 aromatic heterocycles. The molecule has 1 aliphatic carbocycles. The molecular formula is C22H23F2N3O4. The topological polar surface area (TPSA) is 93.3 Å². The van der Waals surface area contributed by atoms with E-state index in [1.54, 1.807) is 0 Å². The number of nitrogens with one attached hydrogen (secondary N) is 1. The molecule has 0 bridgehead atoms. The number of nitrogens with zero attached hydrogens (tertiary/aromatic N) is 2. The maximum Gasteiger partial charge on any atom is 0.387 e. The first-order chi connectivity index (χ1) is 14.8. The summed E-state index contributed by atoms with van der Waals surface area (Å²) in [5.41, 5.74) is 1.86. The number of hydrogen-bond acceptors (Lipinski definition) is 5. The maximum atomic E-state index is 12.5. The Hall–Kier alpha value is -3.41. The molecule has 1 aliphatic rings.